The highest BCUT2D eigenvalue weighted by molar-refractivity contribution is 6.30. The van der Waals surface area contributed by atoms with Crippen molar-refractivity contribution in [2.24, 2.45) is 0 Å². The molecule has 5 nitrogen and oxygen atoms in total. The Balaban J connectivity index is 1.68. The van der Waals surface area contributed by atoms with Crippen LogP contribution in [0.5, 0.6) is 5.75 Å². The van der Waals surface area contributed by atoms with Gasteiger partial charge in [-0.2, -0.15) is 0 Å². The van der Waals surface area contributed by atoms with E-state index in [4.69, 9.17) is 21.1 Å². The van der Waals surface area contributed by atoms with Gasteiger partial charge in [-0.1, -0.05) is 48.0 Å². The van der Waals surface area contributed by atoms with Crippen LogP contribution >= 0.6 is 11.6 Å². The van der Waals surface area contributed by atoms with E-state index < -0.39 is 5.97 Å². The summed E-state index contributed by atoms with van der Waals surface area (Å²) >= 11 is 5.84. The van der Waals surface area contributed by atoms with Crippen LogP contribution in [-0.2, 0) is 16.1 Å². The van der Waals surface area contributed by atoms with Gasteiger partial charge in [-0.05, 0) is 40.6 Å². The van der Waals surface area contributed by atoms with E-state index in [-0.39, 0.29) is 18.1 Å². The lowest BCUT2D eigenvalue weighted by Crippen LogP contribution is -2.28. The number of hydrogen-bond acceptors (Lipinski definition) is 4. The molecule has 0 aliphatic heterocycles. The second-order valence-electron chi connectivity index (χ2n) is 5.88. The van der Waals surface area contributed by atoms with Crippen molar-refractivity contribution in [1.29, 1.82) is 0 Å². The number of methoxy groups -OCH3 is 1. The molecule has 0 aliphatic rings. The molecule has 0 aliphatic carbocycles. The predicted octanol–water partition coefficient (Wildman–Crippen LogP) is 3.98. The van der Waals surface area contributed by atoms with E-state index in [1.165, 1.54) is 7.11 Å². The Labute approximate surface area is 161 Å². The molecule has 0 radical (unpaired) electrons. The van der Waals surface area contributed by atoms with Crippen molar-refractivity contribution < 1.29 is 19.1 Å². The molecule has 0 heterocycles. The molecule has 3 aromatic rings. The van der Waals surface area contributed by atoms with Crippen molar-refractivity contribution in [3.05, 3.63) is 76.8 Å². The van der Waals surface area contributed by atoms with Gasteiger partial charge in [0.15, 0.2) is 6.61 Å². The van der Waals surface area contributed by atoms with Crippen LogP contribution in [0.25, 0.3) is 10.8 Å². The Hall–Kier alpha value is -3.05. The predicted molar refractivity (Wildman–Crippen MR) is 104 cm³/mol. The molecule has 0 unspecified atom stereocenters. The quantitative estimate of drug-likeness (QED) is 0.654. The fraction of sp³-hybridized carbons (Fsp3) is 0.143. The number of rotatable bonds is 6. The molecule has 3 rings (SSSR count). The Morgan fingerprint density at radius 1 is 1.00 bits per heavy atom. The Morgan fingerprint density at radius 3 is 2.33 bits per heavy atom. The topological polar surface area (TPSA) is 64.6 Å². The first-order valence-electron chi connectivity index (χ1n) is 8.32. The molecule has 27 heavy (non-hydrogen) atoms. The smallest absolute Gasteiger partial charge is 0.341 e. The summed E-state index contributed by atoms with van der Waals surface area (Å²) in [6, 6.07) is 18.2. The summed E-state index contributed by atoms with van der Waals surface area (Å²) in [5, 5.41) is 5.20. The molecule has 1 amide bonds. The molecule has 138 valence electrons. The lowest BCUT2D eigenvalue weighted by Gasteiger charge is -2.12. The van der Waals surface area contributed by atoms with Crippen LogP contribution < -0.4 is 10.1 Å². The lowest BCUT2D eigenvalue weighted by molar-refractivity contribution is -0.123. The highest BCUT2D eigenvalue weighted by Gasteiger charge is 2.15. The van der Waals surface area contributed by atoms with Gasteiger partial charge in [-0.3, -0.25) is 4.79 Å². The van der Waals surface area contributed by atoms with Gasteiger partial charge in [0.1, 0.15) is 11.3 Å². The maximum atomic E-state index is 12.1. The van der Waals surface area contributed by atoms with Crippen LogP contribution in [0, 0.1) is 0 Å². The van der Waals surface area contributed by atoms with E-state index in [9.17, 15) is 9.59 Å². The molecule has 0 saturated heterocycles. The average molecular weight is 384 g/mol. The van der Waals surface area contributed by atoms with Gasteiger partial charge in [0, 0.05) is 11.6 Å². The van der Waals surface area contributed by atoms with Crippen LogP contribution in [0.1, 0.15) is 15.9 Å². The highest BCUT2D eigenvalue weighted by Crippen LogP contribution is 2.26. The number of carbonyl (C=O) groups is 2. The van der Waals surface area contributed by atoms with Gasteiger partial charge < -0.3 is 14.8 Å². The average Bonchev–Trinajstić information content (AvgIpc) is 2.70. The van der Waals surface area contributed by atoms with Crippen LogP contribution in [0.3, 0.4) is 0 Å². The first-order chi connectivity index (χ1) is 13.1. The van der Waals surface area contributed by atoms with Crippen molar-refractivity contribution in [2.45, 2.75) is 6.54 Å². The summed E-state index contributed by atoms with van der Waals surface area (Å²) in [5.74, 6) is -0.506. The fourth-order valence-corrected chi connectivity index (χ4v) is 2.73. The standard InChI is InChI=1S/C21H18ClNO4/c1-26-21(25)18-10-15-4-2-3-5-16(15)11-19(18)27-13-20(24)23-12-14-6-8-17(22)9-7-14/h2-11H,12-13H2,1H3,(H,23,24). The van der Waals surface area contributed by atoms with E-state index in [1.54, 1.807) is 24.3 Å². The van der Waals surface area contributed by atoms with E-state index in [0.29, 0.717) is 17.3 Å². The van der Waals surface area contributed by atoms with Crippen LogP contribution in [0.15, 0.2) is 60.7 Å². The summed E-state index contributed by atoms with van der Waals surface area (Å²) in [5.41, 5.74) is 1.20. The van der Waals surface area contributed by atoms with Crippen molar-refractivity contribution >= 4 is 34.2 Å². The zero-order valence-corrected chi connectivity index (χ0v) is 15.5. The van der Waals surface area contributed by atoms with Crippen molar-refractivity contribution in [3.63, 3.8) is 0 Å². The molecule has 6 heteroatoms. The monoisotopic (exact) mass is 383 g/mol. The third-order valence-electron chi connectivity index (χ3n) is 4.01. The Morgan fingerprint density at radius 2 is 1.67 bits per heavy atom. The number of benzene rings is 3. The third-order valence-corrected chi connectivity index (χ3v) is 4.27. The molecular weight excluding hydrogens is 366 g/mol. The van der Waals surface area contributed by atoms with Crippen molar-refractivity contribution in [1.82, 2.24) is 5.32 Å². The van der Waals surface area contributed by atoms with Crippen LogP contribution in [0.2, 0.25) is 5.02 Å². The molecule has 1 N–H and O–H groups in total. The largest absolute Gasteiger partial charge is 0.483 e. The zero-order valence-electron chi connectivity index (χ0n) is 14.7. The molecule has 0 saturated carbocycles. The highest BCUT2D eigenvalue weighted by atomic mass is 35.5. The first-order valence-corrected chi connectivity index (χ1v) is 8.69. The molecule has 0 atom stereocenters. The summed E-state index contributed by atoms with van der Waals surface area (Å²) in [7, 11) is 1.31. The minimum Gasteiger partial charge on any atom is -0.483 e. The van der Waals surface area contributed by atoms with Gasteiger partial charge in [-0.15, -0.1) is 0 Å². The van der Waals surface area contributed by atoms with E-state index in [2.05, 4.69) is 5.32 Å². The minimum atomic E-state index is -0.516. The number of hydrogen-bond donors (Lipinski definition) is 1. The number of ether oxygens (including phenoxy) is 2. The van der Waals surface area contributed by atoms with E-state index in [1.807, 2.05) is 36.4 Å². The van der Waals surface area contributed by atoms with Crippen molar-refractivity contribution in [3.8, 4) is 5.75 Å². The van der Waals surface area contributed by atoms with Gasteiger partial charge in [0.25, 0.3) is 5.91 Å². The van der Waals surface area contributed by atoms with Crippen LogP contribution in [0.4, 0.5) is 0 Å². The molecule has 0 aromatic heterocycles. The fourth-order valence-electron chi connectivity index (χ4n) is 2.61. The van der Waals surface area contributed by atoms with Gasteiger partial charge in [-0.25, -0.2) is 4.79 Å². The third kappa shape index (κ3) is 4.77. The van der Waals surface area contributed by atoms with Gasteiger partial charge >= 0.3 is 5.97 Å². The summed E-state index contributed by atoms with van der Waals surface area (Å²) in [6.07, 6.45) is 0. The summed E-state index contributed by atoms with van der Waals surface area (Å²) < 4.78 is 10.4. The second-order valence-corrected chi connectivity index (χ2v) is 6.32. The second kappa shape index (κ2) is 8.56. The number of halogens is 1. The summed E-state index contributed by atoms with van der Waals surface area (Å²) in [4.78, 5) is 24.1. The summed E-state index contributed by atoms with van der Waals surface area (Å²) in [6.45, 7) is 0.150. The van der Waals surface area contributed by atoms with Crippen LogP contribution in [-0.4, -0.2) is 25.6 Å². The van der Waals surface area contributed by atoms with E-state index >= 15 is 0 Å². The molecule has 0 bridgehead atoms. The first kappa shape index (κ1) is 18.7. The number of fused-ring (bicyclic) bond motifs is 1. The normalized spacial score (nSPS) is 10.4. The lowest BCUT2D eigenvalue weighted by atomic mass is 10.1. The van der Waals surface area contributed by atoms with E-state index in [0.717, 1.165) is 16.3 Å². The number of nitrogens with one attached hydrogen (secondary N) is 1. The zero-order chi connectivity index (χ0) is 19.2. The number of amides is 1. The SMILES string of the molecule is COC(=O)c1cc2ccccc2cc1OCC(=O)NCc1ccc(Cl)cc1. The molecule has 0 spiro atoms. The minimum absolute atomic E-state index is 0.212. The van der Waals surface area contributed by atoms with Crippen molar-refractivity contribution in [2.75, 3.05) is 13.7 Å². The molecular formula is C21H18ClNO4. The number of carbonyl (C=O) groups excluding carboxylic acids is 2. The molecule has 3 aromatic carbocycles. The Bertz CT molecular complexity index is 970. The Kier molecular flexibility index (Phi) is 5.94. The van der Waals surface area contributed by atoms with Gasteiger partial charge in [0.05, 0.1) is 7.11 Å². The number of esters is 1. The van der Waals surface area contributed by atoms with Gasteiger partial charge in [0.2, 0.25) is 0 Å². The maximum Gasteiger partial charge on any atom is 0.341 e. The maximum absolute atomic E-state index is 12.1. The molecule has 0 fully saturated rings.